The molecule has 0 aliphatic heterocycles. The van der Waals surface area contributed by atoms with Crippen molar-refractivity contribution in [2.45, 2.75) is 26.5 Å². The van der Waals surface area contributed by atoms with Gasteiger partial charge in [0.15, 0.2) is 0 Å². The van der Waals surface area contributed by atoms with Crippen LogP contribution in [0.4, 0.5) is 8.78 Å². The Morgan fingerprint density at radius 3 is 2.71 bits per heavy atom. The first kappa shape index (κ1) is 13.7. The molecule has 0 fully saturated rings. The molecular formula is C12H17F2NO2. The van der Waals surface area contributed by atoms with Crippen LogP contribution in [0.15, 0.2) is 18.2 Å². The number of hydrogen-bond acceptors (Lipinski definition) is 3. The van der Waals surface area contributed by atoms with Gasteiger partial charge in [0, 0.05) is 18.2 Å². The fourth-order valence-electron chi connectivity index (χ4n) is 1.41. The molecule has 0 bridgehead atoms. The number of rotatable bonds is 7. The van der Waals surface area contributed by atoms with Crippen molar-refractivity contribution in [3.63, 3.8) is 0 Å². The van der Waals surface area contributed by atoms with Crippen LogP contribution in [0, 0.1) is 0 Å². The summed E-state index contributed by atoms with van der Waals surface area (Å²) in [4.78, 5) is 0. The Bertz CT molecular complexity index is 345. The number of benzene rings is 1. The minimum absolute atomic E-state index is 0.156. The van der Waals surface area contributed by atoms with Gasteiger partial charge in [-0.2, -0.15) is 8.78 Å². The number of hydrogen-bond donors (Lipinski definition) is 1. The van der Waals surface area contributed by atoms with E-state index < -0.39 is 6.61 Å². The molecule has 96 valence electrons. The molecule has 1 rings (SSSR count). The molecule has 0 saturated carbocycles. The van der Waals surface area contributed by atoms with Gasteiger partial charge in [-0.25, -0.2) is 0 Å². The molecule has 0 atom stereocenters. The smallest absolute Gasteiger partial charge is 0.387 e. The van der Waals surface area contributed by atoms with Gasteiger partial charge < -0.3 is 14.8 Å². The molecular weight excluding hydrogens is 228 g/mol. The van der Waals surface area contributed by atoms with E-state index in [1.54, 1.807) is 12.1 Å². The largest absolute Gasteiger partial charge is 0.497 e. The maximum absolute atomic E-state index is 12.2. The summed E-state index contributed by atoms with van der Waals surface area (Å²) in [5.41, 5.74) is 0.694. The quantitative estimate of drug-likeness (QED) is 0.749. The second kappa shape index (κ2) is 7.06. The summed E-state index contributed by atoms with van der Waals surface area (Å²) in [6.07, 6.45) is 0.987. The molecule has 0 radical (unpaired) electrons. The minimum Gasteiger partial charge on any atom is -0.497 e. The first-order valence-corrected chi connectivity index (χ1v) is 5.49. The third kappa shape index (κ3) is 4.56. The highest BCUT2D eigenvalue weighted by Crippen LogP contribution is 2.26. The second-order valence-electron chi connectivity index (χ2n) is 3.53. The predicted octanol–water partition coefficient (Wildman–Crippen LogP) is 2.80. The van der Waals surface area contributed by atoms with Crippen LogP contribution in [0.2, 0.25) is 0 Å². The van der Waals surface area contributed by atoms with Crippen molar-refractivity contribution >= 4 is 0 Å². The minimum atomic E-state index is -2.83. The van der Waals surface area contributed by atoms with Gasteiger partial charge in [0.25, 0.3) is 0 Å². The molecule has 0 heterocycles. The summed E-state index contributed by atoms with van der Waals surface area (Å²) in [7, 11) is 1.48. The Labute approximate surface area is 99.7 Å². The Kier molecular flexibility index (Phi) is 5.69. The fourth-order valence-corrected chi connectivity index (χ4v) is 1.41. The molecule has 5 heteroatoms. The Hall–Kier alpha value is -1.36. The molecule has 0 amide bonds. The maximum atomic E-state index is 12.2. The van der Waals surface area contributed by atoms with Gasteiger partial charge in [-0.3, -0.25) is 0 Å². The van der Waals surface area contributed by atoms with Crippen molar-refractivity contribution in [2.75, 3.05) is 13.7 Å². The Morgan fingerprint density at radius 2 is 2.12 bits per heavy atom. The highest BCUT2D eigenvalue weighted by Gasteiger charge is 2.10. The Morgan fingerprint density at radius 1 is 1.35 bits per heavy atom. The summed E-state index contributed by atoms with van der Waals surface area (Å²) in [5, 5.41) is 3.14. The number of methoxy groups -OCH3 is 1. The molecule has 1 aromatic carbocycles. The molecule has 0 unspecified atom stereocenters. The van der Waals surface area contributed by atoms with Crippen LogP contribution in [0.25, 0.3) is 0 Å². The topological polar surface area (TPSA) is 30.5 Å². The average Bonchev–Trinajstić information content (AvgIpc) is 2.30. The van der Waals surface area contributed by atoms with E-state index >= 15 is 0 Å². The lowest BCUT2D eigenvalue weighted by Gasteiger charge is -2.12. The molecule has 0 aliphatic rings. The molecule has 0 spiro atoms. The number of halogens is 2. The normalized spacial score (nSPS) is 10.6. The van der Waals surface area contributed by atoms with E-state index in [1.165, 1.54) is 13.2 Å². The predicted molar refractivity (Wildman–Crippen MR) is 61.6 cm³/mol. The standard InChI is InChI=1S/C12H17F2NO2/c1-3-6-15-8-9-4-5-10(16-2)7-11(9)17-12(13)14/h4-5,7,12,15H,3,6,8H2,1-2H3. The zero-order chi connectivity index (χ0) is 12.7. The zero-order valence-electron chi connectivity index (χ0n) is 10.0. The molecule has 0 aliphatic carbocycles. The van der Waals surface area contributed by atoms with Gasteiger partial charge in [-0.05, 0) is 19.0 Å². The van der Waals surface area contributed by atoms with Gasteiger partial charge in [0.05, 0.1) is 7.11 Å². The molecule has 0 aromatic heterocycles. The van der Waals surface area contributed by atoms with Crippen LogP contribution in [0.1, 0.15) is 18.9 Å². The first-order valence-electron chi connectivity index (χ1n) is 5.49. The second-order valence-corrected chi connectivity index (χ2v) is 3.53. The molecule has 1 aromatic rings. The zero-order valence-corrected chi connectivity index (χ0v) is 10.0. The SMILES string of the molecule is CCCNCc1ccc(OC)cc1OC(F)F. The summed E-state index contributed by atoms with van der Waals surface area (Å²) in [6, 6.07) is 4.91. The van der Waals surface area contributed by atoms with Crippen molar-refractivity contribution in [3.05, 3.63) is 23.8 Å². The van der Waals surface area contributed by atoms with Gasteiger partial charge in [0.1, 0.15) is 11.5 Å². The monoisotopic (exact) mass is 245 g/mol. The van der Waals surface area contributed by atoms with Crippen molar-refractivity contribution < 1.29 is 18.3 Å². The van der Waals surface area contributed by atoms with Gasteiger partial charge >= 0.3 is 6.61 Å². The lowest BCUT2D eigenvalue weighted by Crippen LogP contribution is -2.15. The van der Waals surface area contributed by atoms with Gasteiger partial charge in [-0.1, -0.05) is 13.0 Å². The molecule has 0 saturated heterocycles. The average molecular weight is 245 g/mol. The van der Waals surface area contributed by atoms with E-state index in [-0.39, 0.29) is 5.75 Å². The molecule has 17 heavy (non-hydrogen) atoms. The van der Waals surface area contributed by atoms with Crippen molar-refractivity contribution in [1.82, 2.24) is 5.32 Å². The van der Waals surface area contributed by atoms with E-state index in [0.29, 0.717) is 17.9 Å². The van der Waals surface area contributed by atoms with Gasteiger partial charge in [0.2, 0.25) is 0 Å². The lowest BCUT2D eigenvalue weighted by atomic mass is 10.2. The van der Waals surface area contributed by atoms with Crippen LogP contribution in [0.3, 0.4) is 0 Å². The summed E-state index contributed by atoms with van der Waals surface area (Å²) in [5.74, 6) is 0.655. The van der Waals surface area contributed by atoms with Gasteiger partial charge in [-0.15, -0.1) is 0 Å². The van der Waals surface area contributed by atoms with Crippen LogP contribution in [-0.2, 0) is 6.54 Å². The number of alkyl halides is 2. The fraction of sp³-hybridized carbons (Fsp3) is 0.500. The molecule has 3 nitrogen and oxygen atoms in total. The first-order chi connectivity index (χ1) is 8.17. The van der Waals surface area contributed by atoms with E-state index in [1.807, 2.05) is 6.92 Å². The van der Waals surface area contributed by atoms with Crippen LogP contribution in [0.5, 0.6) is 11.5 Å². The van der Waals surface area contributed by atoms with E-state index in [9.17, 15) is 8.78 Å². The third-order valence-corrected chi connectivity index (χ3v) is 2.23. The van der Waals surface area contributed by atoms with Crippen molar-refractivity contribution in [3.8, 4) is 11.5 Å². The highest BCUT2D eigenvalue weighted by molar-refractivity contribution is 5.40. The van der Waals surface area contributed by atoms with Crippen LogP contribution < -0.4 is 14.8 Å². The third-order valence-electron chi connectivity index (χ3n) is 2.23. The van der Waals surface area contributed by atoms with Crippen molar-refractivity contribution in [2.24, 2.45) is 0 Å². The van der Waals surface area contributed by atoms with Crippen LogP contribution >= 0.6 is 0 Å². The highest BCUT2D eigenvalue weighted by atomic mass is 19.3. The number of ether oxygens (including phenoxy) is 2. The summed E-state index contributed by atoms with van der Waals surface area (Å²) in [6.45, 7) is 0.546. The van der Waals surface area contributed by atoms with Crippen LogP contribution in [-0.4, -0.2) is 20.3 Å². The number of nitrogens with one attached hydrogen (secondary N) is 1. The van der Waals surface area contributed by atoms with E-state index in [2.05, 4.69) is 10.1 Å². The molecule has 1 N–H and O–H groups in total. The van der Waals surface area contributed by atoms with E-state index in [0.717, 1.165) is 13.0 Å². The van der Waals surface area contributed by atoms with Crippen molar-refractivity contribution in [1.29, 1.82) is 0 Å². The van der Waals surface area contributed by atoms with E-state index in [4.69, 9.17) is 4.74 Å². The summed E-state index contributed by atoms with van der Waals surface area (Å²) >= 11 is 0. The Balaban J connectivity index is 2.78. The maximum Gasteiger partial charge on any atom is 0.387 e. The lowest BCUT2D eigenvalue weighted by molar-refractivity contribution is -0.0505. The summed E-state index contributed by atoms with van der Waals surface area (Å²) < 4.78 is 33.9.